The Morgan fingerprint density at radius 3 is 2.95 bits per heavy atom. The standard InChI is InChI=1S/C16H21N3/c1-11-5-6-13(9-11)16(19-17)14-4-2-3-12-7-8-18-10-15(12)14/h2-4,7-8,10-11,13,16,19H,5-6,9,17H2,1H3. The van der Waals surface area contributed by atoms with Gasteiger partial charge in [0.2, 0.25) is 0 Å². The number of nitrogens with one attached hydrogen (secondary N) is 1. The Kier molecular flexibility index (Phi) is 3.49. The van der Waals surface area contributed by atoms with Gasteiger partial charge < -0.3 is 0 Å². The zero-order chi connectivity index (χ0) is 13.2. The Hall–Kier alpha value is -1.45. The molecule has 100 valence electrons. The van der Waals surface area contributed by atoms with Crippen molar-refractivity contribution >= 4 is 10.8 Å². The molecule has 1 aliphatic rings. The Morgan fingerprint density at radius 1 is 1.32 bits per heavy atom. The fourth-order valence-corrected chi connectivity index (χ4v) is 3.44. The molecule has 1 aromatic carbocycles. The van der Waals surface area contributed by atoms with Crippen LogP contribution in [0.15, 0.2) is 36.7 Å². The van der Waals surface area contributed by atoms with Crippen LogP contribution in [0, 0.1) is 11.8 Å². The normalized spacial score (nSPS) is 24.7. The molecular weight excluding hydrogens is 234 g/mol. The van der Waals surface area contributed by atoms with Crippen molar-refractivity contribution in [2.24, 2.45) is 17.7 Å². The highest BCUT2D eigenvalue weighted by Gasteiger charge is 2.29. The largest absolute Gasteiger partial charge is 0.271 e. The first-order valence-corrected chi connectivity index (χ1v) is 7.08. The van der Waals surface area contributed by atoms with Gasteiger partial charge in [-0.05, 0) is 41.7 Å². The van der Waals surface area contributed by atoms with Gasteiger partial charge in [-0.25, -0.2) is 0 Å². The van der Waals surface area contributed by atoms with E-state index in [9.17, 15) is 0 Å². The van der Waals surface area contributed by atoms with Crippen LogP contribution in [0.1, 0.15) is 37.8 Å². The van der Waals surface area contributed by atoms with Crippen LogP contribution in [0.2, 0.25) is 0 Å². The number of hydrazine groups is 1. The molecule has 19 heavy (non-hydrogen) atoms. The van der Waals surface area contributed by atoms with Crippen molar-refractivity contribution in [1.29, 1.82) is 0 Å². The molecule has 0 spiro atoms. The summed E-state index contributed by atoms with van der Waals surface area (Å²) in [5.41, 5.74) is 4.33. The fraction of sp³-hybridized carbons (Fsp3) is 0.438. The van der Waals surface area contributed by atoms with Gasteiger partial charge in [-0.1, -0.05) is 31.5 Å². The van der Waals surface area contributed by atoms with Crippen LogP contribution in [0.25, 0.3) is 10.8 Å². The molecule has 3 nitrogen and oxygen atoms in total. The predicted octanol–water partition coefficient (Wildman–Crippen LogP) is 3.18. The number of aromatic nitrogens is 1. The third-order valence-corrected chi connectivity index (χ3v) is 4.44. The van der Waals surface area contributed by atoms with E-state index >= 15 is 0 Å². The van der Waals surface area contributed by atoms with Gasteiger partial charge in [-0.15, -0.1) is 0 Å². The third-order valence-electron chi connectivity index (χ3n) is 4.44. The summed E-state index contributed by atoms with van der Waals surface area (Å²) in [7, 11) is 0. The lowest BCUT2D eigenvalue weighted by molar-refractivity contribution is 0.366. The fourth-order valence-electron chi connectivity index (χ4n) is 3.44. The van der Waals surface area contributed by atoms with Gasteiger partial charge in [0, 0.05) is 23.8 Å². The third kappa shape index (κ3) is 2.36. The lowest BCUT2D eigenvalue weighted by Crippen LogP contribution is -2.33. The van der Waals surface area contributed by atoms with Crippen molar-refractivity contribution < 1.29 is 0 Å². The molecule has 0 amide bonds. The molecule has 1 aromatic heterocycles. The van der Waals surface area contributed by atoms with Crippen LogP contribution in [0.4, 0.5) is 0 Å². The summed E-state index contributed by atoms with van der Waals surface area (Å²) < 4.78 is 0. The van der Waals surface area contributed by atoms with Gasteiger partial charge in [-0.3, -0.25) is 16.3 Å². The van der Waals surface area contributed by atoms with Crippen LogP contribution in [-0.4, -0.2) is 4.98 Å². The summed E-state index contributed by atoms with van der Waals surface area (Å²) >= 11 is 0. The van der Waals surface area contributed by atoms with Crippen molar-refractivity contribution in [2.45, 2.75) is 32.2 Å². The topological polar surface area (TPSA) is 50.9 Å². The quantitative estimate of drug-likeness (QED) is 0.654. The summed E-state index contributed by atoms with van der Waals surface area (Å²) in [6, 6.07) is 8.71. The minimum Gasteiger partial charge on any atom is -0.271 e. The van der Waals surface area contributed by atoms with Gasteiger partial charge in [0.1, 0.15) is 0 Å². The van der Waals surface area contributed by atoms with Gasteiger partial charge in [0.25, 0.3) is 0 Å². The van der Waals surface area contributed by atoms with Gasteiger partial charge >= 0.3 is 0 Å². The zero-order valence-electron chi connectivity index (χ0n) is 11.3. The smallest absolute Gasteiger partial charge is 0.0494 e. The molecule has 1 fully saturated rings. The number of pyridine rings is 1. The lowest BCUT2D eigenvalue weighted by atomic mass is 9.89. The molecule has 0 aliphatic heterocycles. The second-order valence-electron chi connectivity index (χ2n) is 5.77. The van der Waals surface area contributed by atoms with Crippen molar-refractivity contribution in [3.05, 3.63) is 42.2 Å². The number of fused-ring (bicyclic) bond motifs is 1. The maximum Gasteiger partial charge on any atom is 0.0494 e. The number of hydrogen-bond acceptors (Lipinski definition) is 3. The molecule has 2 aromatic rings. The first-order valence-electron chi connectivity index (χ1n) is 7.08. The van der Waals surface area contributed by atoms with Crippen LogP contribution in [0.5, 0.6) is 0 Å². The molecule has 1 heterocycles. The second kappa shape index (κ2) is 5.27. The number of benzene rings is 1. The number of nitrogens with two attached hydrogens (primary N) is 1. The minimum absolute atomic E-state index is 0.234. The molecule has 0 radical (unpaired) electrons. The van der Waals surface area contributed by atoms with E-state index in [1.807, 2.05) is 12.4 Å². The molecule has 3 rings (SSSR count). The van der Waals surface area contributed by atoms with E-state index < -0.39 is 0 Å². The first kappa shape index (κ1) is 12.6. The number of nitrogens with zero attached hydrogens (tertiary/aromatic N) is 1. The van der Waals surface area contributed by atoms with Crippen molar-refractivity contribution in [3.8, 4) is 0 Å². The van der Waals surface area contributed by atoms with E-state index in [0.29, 0.717) is 5.92 Å². The monoisotopic (exact) mass is 255 g/mol. The maximum absolute atomic E-state index is 5.85. The van der Waals surface area contributed by atoms with Crippen molar-refractivity contribution in [1.82, 2.24) is 10.4 Å². The average molecular weight is 255 g/mol. The van der Waals surface area contributed by atoms with E-state index in [0.717, 1.165) is 5.92 Å². The first-order chi connectivity index (χ1) is 9.29. The van der Waals surface area contributed by atoms with E-state index in [-0.39, 0.29) is 6.04 Å². The van der Waals surface area contributed by atoms with Crippen molar-refractivity contribution in [2.75, 3.05) is 0 Å². The molecule has 1 saturated carbocycles. The predicted molar refractivity (Wildman–Crippen MR) is 78.3 cm³/mol. The minimum atomic E-state index is 0.234. The summed E-state index contributed by atoms with van der Waals surface area (Å²) in [4.78, 5) is 4.26. The Morgan fingerprint density at radius 2 is 2.21 bits per heavy atom. The Labute approximate surface area is 114 Å². The van der Waals surface area contributed by atoms with Crippen LogP contribution in [0.3, 0.4) is 0 Å². The van der Waals surface area contributed by atoms with Gasteiger partial charge in [-0.2, -0.15) is 0 Å². The van der Waals surface area contributed by atoms with E-state index in [2.05, 4.69) is 41.6 Å². The molecular formula is C16H21N3. The highest BCUT2D eigenvalue weighted by Crippen LogP contribution is 2.40. The van der Waals surface area contributed by atoms with Crippen LogP contribution >= 0.6 is 0 Å². The highest BCUT2D eigenvalue weighted by atomic mass is 15.2. The average Bonchev–Trinajstić information content (AvgIpc) is 2.86. The van der Waals surface area contributed by atoms with Gasteiger partial charge in [0.05, 0.1) is 0 Å². The van der Waals surface area contributed by atoms with Crippen molar-refractivity contribution in [3.63, 3.8) is 0 Å². The van der Waals surface area contributed by atoms with Crippen LogP contribution < -0.4 is 11.3 Å². The summed E-state index contributed by atoms with van der Waals surface area (Å²) in [5.74, 6) is 7.29. The SMILES string of the molecule is CC1CCC(C(NN)c2cccc3ccncc23)C1. The summed E-state index contributed by atoms with van der Waals surface area (Å²) in [6.45, 7) is 2.33. The van der Waals surface area contributed by atoms with Gasteiger partial charge in [0.15, 0.2) is 0 Å². The second-order valence-corrected chi connectivity index (χ2v) is 5.77. The van der Waals surface area contributed by atoms with E-state index in [4.69, 9.17) is 5.84 Å². The number of hydrogen-bond donors (Lipinski definition) is 2. The Balaban J connectivity index is 2.01. The zero-order valence-corrected chi connectivity index (χ0v) is 11.3. The number of rotatable bonds is 3. The lowest BCUT2D eigenvalue weighted by Gasteiger charge is -2.24. The molecule has 3 N–H and O–H groups in total. The molecule has 0 saturated heterocycles. The summed E-state index contributed by atoms with van der Waals surface area (Å²) in [5, 5.41) is 2.45. The molecule has 3 atom stereocenters. The molecule has 3 unspecified atom stereocenters. The molecule has 3 heteroatoms. The molecule has 0 bridgehead atoms. The van der Waals surface area contributed by atoms with E-state index in [1.165, 1.54) is 35.6 Å². The highest BCUT2D eigenvalue weighted by molar-refractivity contribution is 5.85. The Bertz CT molecular complexity index is 561. The molecule has 1 aliphatic carbocycles. The maximum atomic E-state index is 5.85. The van der Waals surface area contributed by atoms with Crippen LogP contribution in [-0.2, 0) is 0 Å². The summed E-state index contributed by atoms with van der Waals surface area (Å²) in [6.07, 6.45) is 7.62. The van der Waals surface area contributed by atoms with E-state index in [1.54, 1.807) is 0 Å².